The quantitative estimate of drug-likeness (QED) is 0.647. The Morgan fingerprint density at radius 1 is 1.41 bits per heavy atom. The zero-order valence-electron chi connectivity index (χ0n) is 9.78. The Morgan fingerprint density at radius 2 is 2.12 bits per heavy atom. The molecule has 17 heavy (non-hydrogen) atoms. The number of rotatable bonds is 6. The Morgan fingerprint density at radius 3 is 2.76 bits per heavy atom. The molecule has 0 aliphatic rings. The normalized spacial score (nSPS) is 10.7. The molecule has 0 saturated carbocycles. The van der Waals surface area contributed by atoms with E-state index in [0.717, 1.165) is 16.5 Å². The van der Waals surface area contributed by atoms with Gasteiger partial charge in [0.1, 0.15) is 0 Å². The van der Waals surface area contributed by atoms with Crippen LogP contribution in [0.25, 0.3) is 6.08 Å². The van der Waals surface area contributed by atoms with Gasteiger partial charge in [-0.25, -0.2) is 0 Å². The molecule has 0 radical (unpaired) electrons. The highest BCUT2D eigenvalue weighted by molar-refractivity contribution is 9.10. The molecule has 0 atom stereocenters. The van der Waals surface area contributed by atoms with Gasteiger partial charge in [-0.15, -0.1) is 0 Å². The topological polar surface area (TPSA) is 38.3 Å². The summed E-state index contributed by atoms with van der Waals surface area (Å²) >= 11 is 3.36. The number of halogens is 1. The number of carbonyl (C=O) groups is 1. The van der Waals surface area contributed by atoms with Gasteiger partial charge in [0.15, 0.2) is 0 Å². The van der Waals surface area contributed by atoms with Crippen LogP contribution in [0.15, 0.2) is 34.8 Å². The first-order valence-corrected chi connectivity index (χ1v) is 6.22. The molecule has 1 aromatic rings. The number of methoxy groups -OCH3 is 1. The lowest BCUT2D eigenvalue weighted by Gasteiger charge is -2.00. The van der Waals surface area contributed by atoms with Crippen molar-refractivity contribution in [1.82, 2.24) is 5.32 Å². The minimum Gasteiger partial charge on any atom is -0.385 e. The second-order valence-corrected chi connectivity index (χ2v) is 4.44. The van der Waals surface area contributed by atoms with Crippen molar-refractivity contribution in [3.63, 3.8) is 0 Å². The molecule has 0 saturated heterocycles. The standard InChI is InChI=1S/C13H16BrNO2/c1-17-10-2-9-15-13(16)8-5-11-3-6-12(14)7-4-11/h3-8H,2,9-10H2,1H3,(H,15,16)/b8-5+. The fraction of sp³-hybridized carbons (Fsp3) is 0.308. The highest BCUT2D eigenvalue weighted by Crippen LogP contribution is 2.11. The van der Waals surface area contributed by atoms with Gasteiger partial charge in [0, 0.05) is 30.8 Å². The maximum Gasteiger partial charge on any atom is 0.244 e. The smallest absolute Gasteiger partial charge is 0.244 e. The average molecular weight is 298 g/mol. The molecule has 1 amide bonds. The molecule has 0 aliphatic carbocycles. The van der Waals surface area contributed by atoms with Crippen molar-refractivity contribution in [1.29, 1.82) is 0 Å². The Hall–Kier alpha value is -1.13. The third kappa shape index (κ3) is 6.24. The van der Waals surface area contributed by atoms with Crippen LogP contribution in [0.2, 0.25) is 0 Å². The van der Waals surface area contributed by atoms with E-state index in [1.165, 1.54) is 6.08 Å². The maximum atomic E-state index is 11.4. The Kier molecular flexibility index (Phi) is 6.58. The number of nitrogens with one attached hydrogen (secondary N) is 1. The van der Waals surface area contributed by atoms with Crippen molar-refractivity contribution in [2.24, 2.45) is 0 Å². The molecule has 1 N–H and O–H groups in total. The van der Waals surface area contributed by atoms with E-state index in [4.69, 9.17) is 4.74 Å². The van der Waals surface area contributed by atoms with Crippen molar-refractivity contribution < 1.29 is 9.53 Å². The number of amides is 1. The molecular formula is C13H16BrNO2. The molecule has 0 spiro atoms. The van der Waals surface area contributed by atoms with Crippen molar-refractivity contribution in [2.75, 3.05) is 20.3 Å². The molecule has 1 aromatic carbocycles. The number of hydrogen-bond donors (Lipinski definition) is 1. The van der Waals surface area contributed by atoms with E-state index in [1.807, 2.05) is 24.3 Å². The lowest BCUT2D eigenvalue weighted by Crippen LogP contribution is -2.22. The van der Waals surface area contributed by atoms with Crippen LogP contribution >= 0.6 is 15.9 Å². The largest absolute Gasteiger partial charge is 0.385 e. The fourth-order valence-corrected chi connectivity index (χ4v) is 1.50. The summed E-state index contributed by atoms with van der Waals surface area (Å²) in [6.07, 6.45) is 4.16. The fourth-order valence-electron chi connectivity index (χ4n) is 1.23. The molecule has 0 aliphatic heterocycles. The first kappa shape index (κ1) is 13.9. The van der Waals surface area contributed by atoms with Crippen LogP contribution in [-0.4, -0.2) is 26.2 Å². The first-order chi connectivity index (χ1) is 8.22. The second-order valence-electron chi connectivity index (χ2n) is 3.52. The second kappa shape index (κ2) is 8.03. The summed E-state index contributed by atoms with van der Waals surface area (Å²) in [5, 5.41) is 2.78. The summed E-state index contributed by atoms with van der Waals surface area (Å²) in [6, 6.07) is 7.77. The van der Waals surface area contributed by atoms with Gasteiger partial charge in [-0.3, -0.25) is 4.79 Å². The van der Waals surface area contributed by atoms with E-state index >= 15 is 0 Å². The van der Waals surface area contributed by atoms with Gasteiger partial charge in [-0.05, 0) is 30.2 Å². The summed E-state index contributed by atoms with van der Waals surface area (Å²) in [7, 11) is 1.65. The Balaban J connectivity index is 2.32. The van der Waals surface area contributed by atoms with Gasteiger partial charge in [0.25, 0.3) is 0 Å². The number of benzene rings is 1. The zero-order chi connectivity index (χ0) is 12.5. The number of carbonyl (C=O) groups excluding carboxylic acids is 1. The average Bonchev–Trinajstić information content (AvgIpc) is 2.34. The Bertz CT molecular complexity index is 374. The molecule has 0 heterocycles. The number of hydrogen-bond acceptors (Lipinski definition) is 2. The minimum absolute atomic E-state index is 0.0796. The van der Waals surface area contributed by atoms with Crippen LogP contribution in [0.4, 0.5) is 0 Å². The van der Waals surface area contributed by atoms with Gasteiger partial charge in [0.05, 0.1) is 0 Å². The van der Waals surface area contributed by atoms with Gasteiger partial charge in [0.2, 0.25) is 5.91 Å². The van der Waals surface area contributed by atoms with E-state index < -0.39 is 0 Å². The monoisotopic (exact) mass is 297 g/mol. The number of ether oxygens (including phenoxy) is 1. The minimum atomic E-state index is -0.0796. The van der Waals surface area contributed by atoms with Gasteiger partial charge in [-0.2, -0.15) is 0 Å². The predicted molar refractivity (Wildman–Crippen MR) is 72.7 cm³/mol. The van der Waals surface area contributed by atoms with Crippen LogP contribution in [0.5, 0.6) is 0 Å². The molecule has 3 nitrogen and oxygen atoms in total. The predicted octanol–water partition coefficient (Wildman–Crippen LogP) is 2.62. The van der Waals surface area contributed by atoms with Gasteiger partial charge < -0.3 is 10.1 Å². The SMILES string of the molecule is COCCCNC(=O)/C=C/c1ccc(Br)cc1. The summed E-state index contributed by atoms with van der Waals surface area (Å²) in [6.45, 7) is 1.30. The first-order valence-electron chi connectivity index (χ1n) is 5.43. The van der Waals surface area contributed by atoms with Crippen LogP contribution < -0.4 is 5.32 Å². The van der Waals surface area contributed by atoms with Crippen LogP contribution in [-0.2, 0) is 9.53 Å². The van der Waals surface area contributed by atoms with E-state index in [1.54, 1.807) is 13.2 Å². The van der Waals surface area contributed by atoms with Crippen molar-refractivity contribution in [3.8, 4) is 0 Å². The van der Waals surface area contributed by atoms with Crippen molar-refractivity contribution in [2.45, 2.75) is 6.42 Å². The molecule has 1 rings (SSSR count). The maximum absolute atomic E-state index is 11.4. The molecular weight excluding hydrogens is 282 g/mol. The van der Waals surface area contributed by atoms with Crippen molar-refractivity contribution >= 4 is 27.9 Å². The zero-order valence-corrected chi connectivity index (χ0v) is 11.4. The molecule has 0 fully saturated rings. The molecule has 0 aromatic heterocycles. The lowest BCUT2D eigenvalue weighted by molar-refractivity contribution is -0.116. The summed E-state index contributed by atoms with van der Waals surface area (Å²) in [5.41, 5.74) is 1.00. The molecule has 0 bridgehead atoms. The highest BCUT2D eigenvalue weighted by Gasteiger charge is 1.94. The molecule has 92 valence electrons. The summed E-state index contributed by atoms with van der Waals surface area (Å²) in [4.78, 5) is 11.4. The molecule has 0 unspecified atom stereocenters. The lowest BCUT2D eigenvalue weighted by atomic mass is 10.2. The Labute approximate surface area is 110 Å². The van der Waals surface area contributed by atoms with Gasteiger partial charge in [-0.1, -0.05) is 28.1 Å². The van der Waals surface area contributed by atoms with E-state index in [9.17, 15) is 4.79 Å². The van der Waals surface area contributed by atoms with Crippen molar-refractivity contribution in [3.05, 3.63) is 40.4 Å². The van der Waals surface area contributed by atoms with Crippen LogP contribution in [0, 0.1) is 0 Å². The van der Waals surface area contributed by atoms with Crippen LogP contribution in [0.3, 0.4) is 0 Å². The van der Waals surface area contributed by atoms with Gasteiger partial charge >= 0.3 is 0 Å². The molecule has 4 heteroatoms. The van der Waals surface area contributed by atoms with Crippen LogP contribution in [0.1, 0.15) is 12.0 Å². The highest BCUT2D eigenvalue weighted by atomic mass is 79.9. The summed E-state index contributed by atoms with van der Waals surface area (Å²) < 4.78 is 5.92. The third-order valence-electron chi connectivity index (χ3n) is 2.12. The summed E-state index contributed by atoms with van der Waals surface area (Å²) in [5.74, 6) is -0.0796. The van der Waals surface area contributed by atoms with E-state index in [2.05, 4.69) is 21.2 Å². The van der Waals surface area contributed by atoms with E-state index in [-0.39, 0.29) is 5.91 Å². The van der Waals surface area contributed by atoms with E-state index in [0.29, 0.717) is 13.2 Å². The third-order valence-corrected chi connectivity index (χ3v) is 2.65.